The summed E-state index contributed by atoms with van der Waals surface area (Å²) in [5, 5.41) is 0. The molecule has 0 N–H and O–H groups in total. The lowest BCUT2D eigenvalue weighted by atomic mass is 10.00. The largest absolute Gasteiger partial charge is 0.497 e. The van der Waals surface area contributed by atoms with Gasteiger partial charge < -0.3 is 9.30 Å². The van der Waals surface area contributed by atoms with Crippen LogP contribution in [0.3, 0.4) is 0 Å². The standard InChI is InChI=1S/C17H23N3O3S/c1-19(11-15-6-7-17-18-8-9-20(17)12-15)24(21,22)13-14-4-3-5-16(10-14)23-2/h3-5,8-10,15H,6-7,11-13H2,1-2H3. The van der Waals surface area contributed by atoms with Crippen LogP contribution in [0, 0.1) is 5.92 Å². The number of hydrogen-bond donors (Lipinski definition) is 0. The first-order chi connectivity index (χ1) is 11.5. The number of hydrogen-bond acceptors (Lipinski definition) is 4. The molecule has 0 fully saturated rings. The summed E-state index contributed by atoms with van der Waals surface area (Å²) < 4.78 is 34.0. The molecule has 1 atom stereocenters. The maximum Gasteiger partial charge on any atom is 0.218 e. The number of aryl methyl sites for hydroxylation is 1. The average molecular weight is 349 g/mol. The van der Waals surface area contributed by atoms with Crippen molar-refractivity contribution in [1.82, 2.24) is 13.9 Å². The van der Waals surface area contributed by atoms with Crippen molar-refractivity contribution in [3.8, 4) is 5.75 Å². The van der Waals surface area contributed by atoms with Crippen LogP contribution < -0.4 is 4.74 Å². The molecule has 0 saturated heterocycles. The first-order valence-electron chi connectivity index (χ1n) is 8.05. The van der Waals surface area contributed by atoms with E-state index >= 15 is 0 Å². The molecule has 0 spiro atoms. The zero-order valence-corrected chi connectivity index (χ0v) is 14.9. The molecule has 2 aromatic rings. The smallest absolute Gasteiger partial charge is 0.218 e. The van der Waals surface area contributed by atoms with E-state index in [1.165, 1.54) is 4.31 Å². The lowest BCUT2D eigenvalue weighted by Gasteiger charge is -2.27. The first-order valence-corrected chi connectivity index (χ1v) is 9.66. The monoisotopic (exact) mass is 349 g/mol. The molecular weight excluding hydrogens is 326 g/mol. The maximum atomic E-state index is 12.6. The zero-order valence-electron chi connectivity index (χ0n) is 14.1. The fourth-order valence-corrected chi connectivity index (χ4v) is 4.41. The third-order valence-corrected chi connectivity index (χ3v) is 6.30. The van der Waals surface area contributed by atoms with E-state index in [9.17, 15) is 8.42 Å². The van der Waals surface area contributed by atoms with E-state index in [0.717, 1.165) is 30.8 Å². The second-order valence-corrected chi connectivity index (χ2v) is 8.36. The minimum absolute atomic E-state index is 0.0102. The summed E-state index contributed by atoms with van der Waals surface area (Å²) in [6, 6.07) is 7.20. The molecule has 6 nitrogen and oxygen atoms in total. The summed E-state index contributed by atoms with van der Waals surface area (Å²) in [5.41, 5.74) is 0.738. The van der Waals surface area contributed by atoms with Crippen LogP contribution in [0.4, 0.5) is 0 Å². The lowest BCUT2D eigenvalue weighted by molar-refractivity contribution is 0.303. The molecule has 0 radical (unpaired) electrons. The van der Waals surface area contributed by atoms with Gasteiger partial charge in [-0.3, -0.25) is 0 Å². The summed E-state index contributed by atoms with van der Waals surface area (Å²) in [6.45, 7) is 1.36. The van der Waals surface area contributed by atoms with Gasteiger partial charge in [-0.15, -0.1) is 0 Å². The van der Waals surface area contributed by atoms with Gasteiger partial charge in [-0.2, -0.15) is 0 Å². The van der Waals surface area contributed by atoms with Crippen LogP contribution in [0.15, 0.2) is 36.7 Å². The topological polar surface area (TPSA) is 64.4 Å². The lowest BCUT2D eigenvalue weighted by Crippen LogP contribution is -2.36. The Kier molecular flexibility index (Phi) is 4.91. The number of imidazole rings is 1. The van der Waals surface area contributed by atoms with E-state index in [4.69, 9.17) is 4.74 Å². The molecule has 0 bridgehead atoms. The summed E-state index contributed by atoms with van der Waals surface area (Å²) in [6.07, 6.45) is 5.64. The number of ether oxygens (including phenoxy) is 1. The Morgan fingerprint density at radius 1 is 1.42 bits per heavy atom. The second kappa shape index (κ2) is 6.94. The van der Waals surface area contributed by atoms with Crippen molar-refractivity contribution >= 4 is 10.0 Å². The van der Waals surface area contributed by atoms with E-state index < -0.39 is 10.0 Å². The van der Waals surface area contributed by atoms with Crippen molar-refractivity contribution in [2.45, 2.75) is 25.1 Å². The SMILES string of the molecule is COc1cccc(CS(=O)(=O)N(C)CC2CCc3nccn3C2)c1. The molecule has 0 amide bonds. The van der Waals surface area contributed by atoms with E-state index in [1.807, 2.05) is 24.4 Å². The van der Waals surface area contributed by atoms with Gasteiger partial charge in [0.2, 0.25) is 10.0 Å². The first kappa shape index (κ1) is 17.0. The Bertz CT molecular complexity index is 801. The second-order valence-electron chi connectivity index (χ2n) is 6.29. The molecule has 2 heterocycles. The highest BCUT2D eigenvalue weighted by molar-refractivity contribution is 7.88. The van der Waals surface area contributed by atoms with E-state index in [1.54, 1.807) is 26.4 Å². The predicted octanol–water partition coefficient (Wildman–Crippen LogP) is 1.92. The van der Waals surface area contributed by atoms with Crippen LogP contribution in [0.5, 0.6) is 5.75 Å². The number of fused-ring (bicyclic) bond motifs is 1. The fourth-order valence-electron chi connectivity index (χ4n) is 3.15. The van der Waals surface area contributed by atoms with Gasteiger partial charge in [-0.05, 0) is 30.0 Å². The third-order valence-electron chi connectivity index (χ3n) is 4.51. The van der Waals surface area contributed by atoms with Crippen molar-refractivity contribution in [3.05, 3.63) is 48.0 Å². The Morgan fingerprint density at radius 2 is 2.25 bits per heavy atom. The molecule has 130 valence electrons. The van der Waals surface area contributed by atoms with Gasteiger partial charge in [-0.25, -0.2) is 17.7 Å². The van der Waals surface area contributed by atoms with E-state index in [-0.39, 0.29) is 5.75 Å². The molecule has 1 aromatic heterocycles. The third kappa shape index (κ3) is 3.79. The summed E-state index contributed by atoms with van der Waals surface area (Å²) in [7, 11) is -0.107. The van der Waals surface area contributed by atoms with Crippen LogP contribution in [-0.2, 0) is 28.7 Å². The molecule has 1 aromatic carbocycles. The number of rotatable bonds is 6. The molecule has 1 aliphatic rings. The number of methoxy groups -OCH3 is 1. The van der Waals surface area contributed by atoms with Crippen LogP contribution in [-0.4, -0.2) is 43.0 Å². The Balaban J connectivity index is 1.64. The molecule has 0 saturated carbocycles. The van der Waals surface area contributed by atoms with Crippen molar-refractivity contribution in [2.24, 2.45) is 5.92 Å². The quantitative estimate of drug-likeness (QED) is 0.799. The van der Waals surface area contributed by atoms with Crippen molar-refractivity contribution in [2.75, 3.05) is 20.7 Å². The van der Waals surface area contributed by atoms with Crippen LogP contribution in [0.2, 0.25) is 0 Å². The zero-order chi connectivity index (χ0) is 17.2. The molecule has 7 heteroatoms. The minimum atomic E-state index is -3.35. The summed E-state index contributed by atoms with van der Waals surface area (Å²) in [5.74, 6) is 2.07. The predicted molar refractivity (Wildman–Crippen MR) is 92.3 cm³/mol. The minimum Gasteiger partial charge on any atom is -0.497 e. The molecular formula is C17H23N3O3S. The highest BCUT2D eigenvalue weighted by Gasteiger charge is 2.25. The van der Waals surface area contributed by atoms with E-state index in [2.05, 4.69) is 9.55 Å². The Hall–Kier alpha value is -1.86. The number of sulfonamides is 1. The van der Waals surface area contributed by atoms with Gasteiger partial charge in [0.15, 0.2) is 0 Å². The van der Waals surface area contributed by atoms with Gasteiger partial charge in [0.25, 0.3) is 0 Å². The van der Waals surface area contributed by atoms with Crippen LogP contribution in [0.25, 0.3) is 0 Å². The number of aromatic nitrogens is 2. The van der Waals surface area contributed by atoms with Gasteiger partial charge in [0.1, 0.15) is 11.6 Å². The highest BCUT2D eigenvalue weighted by atomic mass is 32.2. The van der Waals surface area contributed by atoms with Gasteiger partial charge >= 0.3 is 0 Å². The van der Waals surface area contributed by atoms with Crippen molar-refractivity contribution in [3.63, 3.8) is 0 Å². The van der Waals surface area contributed by atoms with Gasteiger partial charge in [-0.1, -0.05) is 12.1 Å². The summed E-state index contributed by atoms with van der Waals surface area (Å²) >= 11 is 0. The number of benzene rings is 1. The molecule has 1 unspecified atom stereocenters. The fraction of sp³-hybridized carbons (Fsp3) is 0.471. The van der Waals surface area contributed by atoms with E-state index in [0.29, 0.717) is 18.2 Å². The maximum absolute atomic E-state index is 12.6. The molecule has 24 heavy (non-hydrogen) atoms. The molecule has 1 aliphatic heterocycles. The van der Waals surface area contributed by atoms with Crippen molar-refractivity contribution < 1.29 is 13.2 Å². The van der Waals surface area contributed by atoms with Crippen LogP contribution in [0.1, 0.15) is 17.8 Å². The average Bonchev–Trinajstić information content (AvgIpc) is 3.02. The molecule has 0 aliphatic carbocycles. The van der Waals surface area contributed by atoms with Crippen molar-refractivity contribution in [1.29, 1.82) is 0 Å². The normalized spacial score (nSPS) is 17.7. The van der Waals surface area contributed by atoms with Gasteiger partial charge in [0, 0.05) is 39.0 Å². The Morgan fingerprint density at radius 3 is 3.04 bits per heavy atom. The number of nitrogens with zero attached hydrogens (tertiary/aromatic N) is 3. The summed E-state index contributed by atoms with van der Waals surface area (Å²) in [4.78, 5) is 4.31. The molecule has 3 rings (SSSR count). The van der Waals surface area contributed by atoms with Gasteiger partial charge in [0.05, 0.1) is 12.9 Å². The Labute approximate surface area is 143 Å². The van der Waals surface area contributed by atoms with Crippen LogP contribution >= 0.6 is 0 Å². The highest BCUT2D eigenvalue weighted by Crippen LogP contribution is 2.22.